The molecule has 1 fully saturated rings. The average molecular weight is 280 g/mol. The molecule has 0 spiro atoms. The van der Waals surface area contributed by atoms with Crippen LogP contribution in [0.3, 0.4) is 0 Å². The van der Waals surface area contributed by atoms with Crippen LogP contribution in [0.5, 0.6) is 0 Å². The second-order valence-corrected chi connectivity index (χ2v) is 7.11. The first-order valence-electron chi connectivity index (χ1n) is 6.25. The summed E-state index contributed by atoms with van der Waals surface area (Å²) in [6.07, 6.45) is 2.35. The number of nitrogens with zero attached hydrogens (tertiary/aromatic N) is 1. The minimum absolute atomic E-state index is 0.217. The maximum atomic E-state index is 11.8. The molecule has 1 aliphatic heterocycles. The quantitative estimate of drug-likeness (QED) is 0.911. The smallest absolute Gasteiger partial charge is 0.177 e. The van der Waals surface area contributed by atoms with Gasteiger partial charge in [-0.1, -0.05) is 6.07 Å². The van der Waals surface area contributed by atoms with Gasteiger partial charge < -0.3 is 9.72 Å². The van der Waals surface area contributed by atoms with E-state index in [0.29, 0.717) is 12.1 Å². The predicted octanol–water partition coefficient (Wildman–Crippen LogP) is 1.86. The van der Waals surface area contributed by atoms with Crippen LogP contribution in [-0.2, 0) is 14.6 Å². The first kappa shape index (κ1) is 12.6. The van der Waals surface area contributed by atoms with Crippen LogP contribution in [-0.4, -0.2) is 37.4 Å². The van der Waals surface area contributed by atoms with E-state index in [1.165, 1.54) is 6.26 Å². The summed E-state index contributed by atoms with van der Waals surface area (Å²) < 4.78 is 29.0. The zero-order valence-electron chi connectivity index (χ0n) is 10.9. The van der Waals surface area contributed by atoms with Gasteiger partial charge in [0, 0.05) is 12.2 Å². The zero-order valence-corrected chi connectivity index (χ0v) is 11.7. The van der Waals surface area contributed by atoms with Gasteiger partial charge in [-0.15, -0.1) is 0 Å². The van der Waals surface area contributed by atoms with Crippen molar-refractivity contribution in [3.8, 4) is 0 Å². The van der Waals surface area contributed by atoms with Crippen LogP contribution in [0.2, 0.25) is 0 Å². The summed E-state index contributed by atoms with van der Waals surface area (Å²) >= 11 is 0. The summed E-state index contributed by atoms with van der Waals surface area (Å²) in [5.74, 6) is 1.03. The van der Waals surface area contributed by atoms with Crippen LogP contribution in [0.25, 0.3) is 11.0 Å². The van der Waals surface area contributed by atoms with Crippen LogP contribution >= 0.6 is 0 Å². The lowest BCUT2D eigenvalue weighted by Gasteiger charge is -2.01. The second-order valence-electron chi connectivity index (χ2n) is 5.12. The highest BCUT2D eigenvalue weighted by Crippen LogP contribution is 2.30. The minimum Gasteiger partial charge on any atom is -0.378 e. The Morgan fingerprint density at radius 2 is 2.21 bits per heavy atom. The number of aromatic nitrogens is 2. The Morgan fingerprint density at radius 3 is 2.84 bits per heavy atom. The van der Waals surface area contributed by atoms with Crippen LogP contribution in [0.15, 0.2) is 23.1 Å². The van der Waals surface area contributed by atoms with Gasteiger partial charge in [0.1, 0.15) is 11.3 Å². The number of imidazole rings is 1. The van der Waals surface area contributed by atoms with Crippen molar-refractivity contribution in [1.29, 1.82) is 0 Å². The maximum Gasteiger partial charge on any atom is 0.177 e. The lowest BCUT2D eigenvalue weighted by Crippen LogP contribution is -2.00. The number of benzene rings is 1. The summed E-state index contributed by atoms with van der Waals surface area (Å²) in [5, 5.41) is 0. The van der Waals surface area contributed by atoms with E-state index in [4.69, 9.17) is 4.74 Å². The lowest BCUT2D eigenvalue weighted by atomic mass is 10.1. The number of aromatic amines is 1. The fraction of sp³-hybridized carbons (Fsp3) is 0.462. The summed E-state index contributed by atoms with van der Waals surface area (Å²) in [5.41, 5.74) is 1.29. The van der Waals surface area contributed by atoms with E-state index in [1.807, 2.05) is 13.0 Å². The summed E-state index contributed by atoms with van der Waals surface area (Å²) in [4.78, 5) is 7.97. The van der Waals surface area contributed by atoms with Gasteiger partial charge in [-0.2, -0.15) is 0 Å². The third-order valence-corrected chi connectivity index (χ3v) is 4.61. The molecular weight excluding hydrogens is 264 g/mol. The van der Waals surface area contributed by atoms with Gasteiger partial charge >= 0.3 is 0 Å². The zero-order chi connectivity index (χ0) is 13.6. The van der Waals surface area contributed by atoms with E-state index in [9.17, 15) is 8.42 Å². The second kappa shape index (κ2) is 4.31. The molecule has 1 saturated heterocycles. The number of H-pyrrole nitrogens is 1. The standard InChI is InChI=1S/C13H16N2O3S/c1-8-6-9(7-18-8)13-14-10-4-3-5-11(12(10)15-13)19(2,16)17/h3-5,8-9H,6-7H2,1-2H3,(H,14,15). The number of para-hydroxylation sites is 1. The number of rotatable bonds is 2. The Bertz CT molecular complexity index is 721. The van der Waals surface area contributed by atoms with E-state index in [0.717, 1.165) is 17.8 Å². The van der Waals surface area contributed by atoms with Crippen molar-refractivity contribution < 1.29 is 13.2 Å². The highest BCUT2D eigenvalue weighted by molar-refractivity contribution is 7.91. The number of ether oxygens (including phenoxy) is 1. The van der Waals surface area contributed by atoms with Gasteiger partial charge in [-0.05, 0) is 25.5 Å². The molecule has 6 heteroatoms. The molecule has 2 atom stereocenters. The Morgan fingerprint density at radius 1 is 1.42 bits per heavy atom. The highest BCUT2D eigenvalue weighted by Gasteiger charge is 2.27. The Kier molecular flexibility index (Phi) is 2.87. The number of hydrogen-bond acceptors (Lipinski definition) is 4. The molecule has 2 unspecified atom stereocenters. The molecular formula is C13H16N2O3S. The SMILES string of the molecule is CC1CC(c2nc3c(S(C)(=O)=O)cccc3[nH]2)CO1. The molecule has 0 saturated carbocycles. The third-order valence-electron chi connectivity index (χ3n) is 3.48. The first-order valence-corrected chi connectivity index (χ1v) is 8.14. The van der Waals surface area contributed by atoms with Crippen molar-refractivity contribution in [3.05, 3.63) is 24.0 Å². The molecule has 3 rings (SSSR count). The van der Waals surface area contributed by atoms with Gasteiger partial charge in [-0.3, -0.25) is 0 Å². The topological polar surface area (TPSA) is 72.0 Å². The molecule has 102 valence electrons. The summed E-state index contributed by atoms with van der Waals surface area (Å²) in [6, 6.07) is 5.17. The van der Waals surface area contributed by atoms with Crippen molar-refractivity contribution in [2.24, 2.45) is 0 Å². The van der Waals surface area contributed by atoms with Crippen LogP contribution in [0, 0.1) is 0 Å². The van der Waals surface area contributed by atoms with Crippen molar-refractivity contribution in [2.45, 2.75) is 30.3 Å². The van der Waals surface area contributed by atoms with E-state index in [1.54, 1.807) is 12.1 Å². The lowest BCUT2D eigenvalue weighted by molar-refractivity contribution is 0.123. The third kappa shape index (κ3) is 2.26. The molecule has 1 aliphatic rings. The van der Waals surface area contributed by atoms with E-state index in [2.05, 4.69) is 9.97 Å². The molecule has 2 heterocycles. The van der Waals surface area contributed by atoms with Crippen LogP contribution in [0.1, 0.15) is 25.1 Å². The Balaban J connectivity index is 2.11. The number of nitrogens with one attached hydrogen (secondary N) is 1. The Labute approximate surface area is 111 Å². The fourth-order valence-electron chi connectivity index (χ4n) is 2.53. The van der Waals surface area contributed by atoms with Crippen molar-refractivity contribution in [1.82, 2.24) is 9.97 Å². The van der Waals surface area contributed by atoms with Gasteiger partial charge in [-0.25, -0.2) is 13.4 Å². The molecule has 0 bridgehead atoms. The van der Waals surface area contributed by atoms with Gasteiger partial charge in [0.15, 0.2) is 9.84 Å². The molecule has 1 aromatic heterocycles. The van der Waals surface area contributed by atoms with E-state index >= 15 is 0 Å². The summed E-state index contributed by atoms with van der Waals surface area (Å²) in [6.45, 7) is 2.67. The van der Waals surface area contributed by atoms with Crippen molar-refractivity contribution in [3.63, 3.8) is 0 Å². The van der Waals surface area contributed by atoms with Crippen LogP contribution < -0.4 is 0 Å². The largest absolute Gasteiger partial charge is 0.378 e. The molecule has 2 aromatic rings. The van der Waals surface area contributed by atoms with Gasteiger partial charge in [0.25, 0.3) is 0 Å². The Hall–Kier alpha value is -1.40. The van der Waals surface area contributed by atoms with Crippen molar-refractivity contribution in [2.75, 3.05) is 12.9 Å². The number of hydrogen-bond donors (Lipinski definition) is 1. The molecule has 0 amide bonds. The molecule has 0 radical (unpaired) electrons. The first-order chi connectivity index (χ1) is 8.95. The van der Waals surface area contributed by atoms with E-state index in [-0.39, 0.29) is 16.9 Å². The van der Waals surface area contributed by atoms with E-state index < -0.39 is 9.84 Å². The molecule has 0 aliphatic carbocycles. The molecule has 1 N–H and O–H groups in total. The van der Waals surface area contributed by atoms with Crippen LogP contribution in [0.4, 0.5) is 0 Å². The molecule has 19 heavy (non-hydrogen) atoms. The molecule has 5 nitrogen and oxygen atoms in total. The fourth-order valence-corrected chi connectivity index (χ4v) is 3.36. The number of sulfone groups is 1. The summed E-state index contributed by atoms with van der Waals surface area (Å²) in [7, 11) is -3.26. The highest BCUT2D eigenvalue weighted by atomic mass is 32.2. The van der Waals surface area contributed by atoms with Crippen molar-refractivity contribution >= 4 is 20.9 Å². The molecule has 1 aromatic carbocycles. The van der Waals surface area contributed by atoms with Gasteiger partial charge in [0.2, 0.25) is 0 Å². The monoisotopic (exact) mass is 280 g/mol. The average Bonchev–Trinajstić information content (AvgIpc) is 2.92. The normalized spacial score (nSPS) is 24.1. The maximum absolute atomic E-state index is 11.8. The predicted molar refractivity (Wildman–Crippen MR) is 72.0 cm³/mol. The van der Waals surface area contributed by atoms with Gasteiger partial charge in [0.05, 0.1) is 23.1 Å². The number of fused-ring (bicyclic) bond motifs is 1. The minimum atomic E-state index is -3.26.